The smallest absolute Gasteiger partial charge is 0.226 e. The van der Waals surface area contributed by atoms with Gasteiger partial charge in [-0.05, 0) is 42.2 Å². The summed E-state index contributed by atoms with van der Waals surface area (Å²) in [5.41, 5.74) is 2.80. The summed E-state index contributed by atoms with van der Waals surface area (Å²) in [5, 5.41) is 0. The summed E-state index contributed by atoms with van der Waals surface area (Å²) >= 11 is 0. The molecule has 2 saturated heterocycles. The lowest BCUT2D eigenvalue weighted by Gasteiger charge is -2.41. The van der Waals surface area contributed by atoms with E-state index >= 15 is 0 Å². The predicted molar refractivity (Wildman–Crippen MR) is 153 cm³/mol. The molecular formula is C33H48N2O3. The van der Waals surface area contributed by atoms with Crippen molar-refractivity contribution in [2.75, 3.05) is 39.4 Å². The number of carbonyl (C=O) groups excluding carboxylic acids is 2. The van der Waals surface area contributed by atoms with Crippen molar-refractivity contribution < 1.29 is 14.3 Å². The second-order valence-corrected chi connectivity index (χ2v) is 12.5. The van der Waals surface area contributed by atoms with Crippen molar-refractivity contribution in [2.45, 2.75) is 89.5 Å². The summed E-state index contributed by atoms with van der Waals surface area (Å²) in [6, 6.07) is 8.62. The van der Waals surface area contributed by atoms with Crippen LogP contribution in [-0.2, 0) is 19.7 Å². The molecule has 1 unspecified atom stereocenters. The van der Waals surface area contributed by atoms with E-state index < -0.39 is 0 Å². The molecule has 38 heavy (non-hydrogen) atoms. The normalized spacial score (nSPS) is 24.2. The molecule has 1 aromatic rings. The first kappa shape index (κ1) is 27.6. The molecule has 2 heterocycles. The SMILES string of the molecule is CC[C@H](C)C(CC(=O)[C@H](CC1CCCCC1)N1CCOCC1)C(=O)N1CCC2(C=Cc3ccccc32)CC1. The monoisotopic (exact) mass is 520 g/mol. The number of likely N-dealkylation sites (tertiary alicyclic amines) is 1. The average molecular weight is 521 g/mol. The maximum atomic E-state index is 14.0. The number of hydrogen-bond donors (Lipinski definition) is 0. The van der Waals surface area contributed by atoms with E-state index in [-0.39, 0.29) is 35.0 Å². The number of benzene rings is 1. The van der Waals surface area contributed by atoms with Crippen LogP contribution in [0.3, 0.4) is 0 Å². The fourth-order valence-electron chi connectivity index (χ4n) is 7.51. The van der Waals surface area contributed by atoms with Crippen LogP contribution in [0.1, 0.15) is 89.2 Å². The maximum absolute atomic E-state index is 14.0. The van der Waals surface area contributed by atoms with Crippen LogP contribution in [0.5, 0.6) is 0 Å². The van der Waals surface area contributed by atoms with Crippen LogP contribution < -0.4 is 0 Å². The summed E-state index contributed by atoms with van der Waals surface area (Å²) in [4.78, 5) is 32.5. The van der Waals surface area contributed by atoms with Crippen molar-refractivity contribution in [1.29, 1.82) is 0 Å². The molecule has 0 bridgehead atoms. The number of amides is 1. The number of rotatable bonds is 9. The molecule has 1 amide bonds. The number of piperidine rings is 1. The largest absolute Gasteiger partial charge is 0.379 e. The van der Waals surface area contributed by atoms with Crippen LogP contribution in [0.2, 0.25) is 0 Å². The van der Waals surface area contributed by atoms with Gasteiger partial charge in [-0.1, -0.05) is 88.8 Å². The topological polar surface area (TPSA) is 49.9 Å². The molecule has 1 spiro atoms. The number of ketones is 1. The Morgan fingerprint density at radius 2 is 1.74 bits per heavy atom. The molecule has 5 rings (SSSR count). The first-order valence-corrected chi connectivity index (χ1v) is 15.4. The number of nitrogens with zero attached hydrogens (tertiary/aromatic N) is 2. The number of fused-ring (bicyclic) bond motifs is 2. The quantitative estimate of drug-likeness (QED) is 0.409. The molecule has 1 aromatic carbocycles. The van der Waals surface area contributed by atoms with Crippen molar-refractivity contribution in [3.8, 4) is 0 Å². The third kappa shape index (κ3) is 5.94. The van der Waals surface area contributed by atoms with Gasteiger partial charge in [0.15, 0.2) is 5.78 Å². The van der Waals surface area contributed by atoms with E-state index in [9.17, 15) is 9.59 Å². The van der Waals surface area contributed by atoms with E-state index in [2.05, 4.69) is 60.1 Å². The lowest BCUT2D eigenvalue weighted by Crippen LogP contribution is -2.50. The number of hydrogen-bond acceptors (Lipinski definition) is 4. The summed E-state index contributed by atoms with van der Waals surface area (Å²) < 4.78 is 5.62. The van der Waals surface area contributed by atoms with E-state index in [1.54, 1.807) is 0 Å². The highest BCUT2D eigenvalue weighted by molar-refractivity contribution is 5.90. The van der Waals surface area contributed by atoms with E-state index in [1.807, 2.05) is 0 Å². The van der Waals surface area contributed by atoms with Crippen molar-refractivity contribution in [1.82, 2.24) is 9.80 Å². The third-order valence-electron chi connectivity index (χ3n) is 10.3. The van der Waals surface area contributed by atoms with Crippen LogP contribution in [0, 0.1) is 17.8 Å². The molecule has 2 aliphatic carbocycles. The summed E-state index contributed by atoms with van der Waals surface area (Å²) in [6.45, 7) is 8.93. The fraction of sp³-hybridized carbons (Fsp3) is 0.697. The van der Waals surface area contributed by atoms with Gasteiger partial charge >= 0.3 is 0 Å². The summed E-state index contributed by atoms with van der Waals surface area (Å²) in [6.07, 6.45) is 15.2. The van der Waals surface area contributed by atoms with E-state index in [0.717, 1.165) is 51.9 Å². The van der Waals surface area contributed by atoms with Gasteiger partial charge in [0, 0.05) is 43.9 Å². The lowest BCUT2D eigenvalue weighted by molar-refractivity contribution is -0.142. The zero-order valence-corrected chi connectivity index (χ0v) is 23.7. The molecule has 4 aliphatic rings. The molecule has 5 heteroatoms. The maximum Gasteiger partial charge on any atom is 0.226 e. The van der Waals surface area contributed by atoms with Crippen LogP contribution >= 0.6 is 0 Å². The Kier molecular flexibility index (Phi) is 9.05. The third-order valence-corrected chi connectivity index (χ3v) is 10.3. The highest BCUT2D eigenvalue weighted by Gasteiger charge is 2.41. The van der Waals surface area contributed by atoms with Gasteiger partial charge in [0.2, 0.25) is 5.91 Å². The molecular weight excluding hydrogens is 472 g/mol. The fourth-order valence-corrected chi connectivity index (χ4v) is 7.51. The van der Waals surface area contributed by atoms with Gasteiger partial charge in [0.05, 0.1) is 19.3 Å². The molecule has 1 saturated carbocycles. The standard InChI is InChI=1S/C33H48N2O3/c1-3-25(2)28(24-31(36)30(34-19-21-38-22-20-34)23-26-9-5-4-6-10-26)32(37)35-17-15-33(16-18-35)14-13-27-11-7-8-12-29(27)33/h7-8,11-14,25-26,28,30H,3-6,9-10,15-24H2,1-2H3/t25-,28?,30-/m0/s1. The Bertz CT molecular complexity index is 984. The molecule has 208 valence electrons. The molecule has 3 fully saturated rings. The number of Topliss-reactive ketones (excluding diaryl/α,β-unsaturated/α-hetero) is 1. The predicted octanol–water partition coefficient (Wildman–Crippen LogP) is 5.87. The zero-order valence-electron chi connectivity index (χ0n) is 23.7. The highest BCUT2D eigenvalue weighted by atomic mass is 16.5. The number of morpholine rings is 1. The Morgan fingerprint density at radius 3 is 2.45 bits per heavy atom. The zero-order chi connectivity index (χ0) is 26.5. The Labute approximate surface area is 230 Å². The lowest BCUT2D eigenvalue weighted by atomic mass is 9.74. The molecule has 3 atom stereocenters. The van der Waals surface area contributed by atoms with Crippen molar-refractivity contribution in [3.63, 3.8) is 0 Å². The van der Waals surface area contributed by atoms with Crippen molar-refractivity contribution >= 4 is 17.8 Å². The highest BCUT2D eigenvalue weighted by Crippen LogP contribution is 2.44. The van der Waals surface area contributed by atoms with Crippen LogP contribution in [0.25, 0.3) is 6.08 Å². The van der Waals surface area contributed by atoms with E-state index in [4.69, 9.17) is 4.74 Å². The van der Waals surface area contributed by atoms with E-state index in [0.29, 0.717) is 25.6 Å². The second-order valence-electron chi connectivity index (χ2n) is 12.5. The van der Waals surface area contributed by atoms with Gasteiger partial charge in [-0.3, -0.25) is 14.5 Å². The number of allylic oxidation sites excluding steroid dienone is 1. The van der Waals surface area contributed by atoms with Crippen molar-refractivity contribution in [2.24, 2.45) is 17.8 Å². The minimum Gasteiger partial charge on any atom is -0.379 e. The summed E-state index contributed by atoms with van der Waals surface area (Å²) in [7, 11) is 0. The molecule has 0 aromatic heterocycles. The molecule has 2 aliphatic heterocycles. The Hall–Kier alpha value is -1.98. The Morgan fingerprint density at radius 1 is 1.03 bits per heavy atom. The van der Waals surface area contributed by atoms with E-state index in [1.165, 1.54) is 43.2 Å². The second kappa shape index (κ2) is 12.5. The van der Waals surface area contributed by atoms with Gasteiger partial charge in [-0.25, -0.2) is 0 Å². The molecule has 0 radical (unpaired) electrons. The van der Waals surface area contributed by atoms with Gasteiger partial charge in [0.25, 0.3) is 0 Å². The number of carbonyl (C=O) groups is 2. The van der Waals surface area contributed by atoms with Gasteiger partial charge in [-0.2, -0.15) is 0 Å². The molecule has 0 N–H and O–H groups in total. The Balaban J connectivity index is 1.26. The van der Waals surface area contributed by atoms with Gasteiger partial charge < -0.3 is 9.64 Å². The van der Waals surface area contributed by atoms with Crippen LogP contribution in [0.4, 0.5) is 0 Å². The van der Waals surface area contributed by atoms with Crippen molar-refractivity contribution in [3.05, 3.63) is 41.5 Å². The average Bonchev–Trinajstić information content (AvgIpc) is 3.33. The summed E-state index contributed by atoms with van der Waals surface area (Å²) in [5.74, 6) is 1.12. The van der Waals surface area contributed by atoms with Gasteiger partial charge in [0.1, 0.15) is 0 Å². The van der Waals surface area contributed by atoms with Gasteiger partial charge in [-0.15, -0.1) is 0 Å². The first-order valence-electron chi connectivity index (χ1n) is 15.4. The van der Waals surface area contributed by atoms with Crippen LogP contribution in [0.15, 0.2) is 30.3 Å². The minimum atomic E-state index is -0.220. The minimum absolute atomic E-state index is 0.0638. The number of ether oxygens (including phenoxy) is 1. The van der Waals surface area contributed by atoms with Crippen LogP contribution in [-0.4, -0.2) is 66.9 Å². The molecule has 5 nitrogen and oxygen atoms in total. The first-order chi connectivity index (χ1) is 18.5.